The molecule has 3 N–H and O–H groups in total. The zero-order valence-electron chi connectivity index (χ0n) is 7.93. The minimum absolute atomic E-state index is 0.0852. The second-order valence-corrected chi connectivity index (χ2v) is 4.45. The van der Waals surface area contributed by atoms with Crippen LogP contribution >= 0.6 is 27.5 Å². The van der Waals surface area contributed by atoms with E-state index in [1.807, 2.05) is 0 Å². The van der Waals surface area contributed by atoms with E-state index in [1.165, 1.54) is 0 Å². The molecule has 1 rings (SSSR count). The fraction of sp³-hybridized carbons (Fsp3) is 0.400. The lowest BCUT2D eigenvalue weighted by molar-refractivity contribution is 0.457. The van der Waals surface area contributed by atoms with E-state index < -0.39 is 0 Å². The normalized spacial score (nSPS) is 12.9. The van der Waals surface area contributed by atoms with Gasteiger partial charge in [0, 0.05) is 16.1 Å². The highest BCUT2D eigenvalue weighted by molar-refractivity contribution is 9.10. The Morgan fingerprint density at radius 1 is 1.57 bits per heavy atom. The summed E-state index contributed by atoms with van der Waals surface area (Å²) in [6.45, 7) is 2.05. The van der Waals surface area contributed by atoms with Crippen molar-refractivity contribution in [3.05, 3.63) is 27.2 Å². The highest BCUT2D eigenvalue weighted by atomic mass is 79.9. The van der Waals surface area contributed by atoms with Crippen molar-refractivity contribution in [1.82, 2.24) is 0 Å². The Bertz CT molecular complexity index is 330. The van der Waals surface area contributed by atoms with Gasteiger partial charge in [-0.2, -0.15) is 0 Å². The number of benzene rings is 1. The summed E-state index contributed by atoms with van der Waals surface area (Å²) in [6, 6.07) is 3.27. The van der Waals surface area contributed by atoms with Crippen LogP contribution in [0.2, 0.25) is 5.02 Å². The topological polar surface area (TPSA) is 46.2 Å². The molecule has 1 aromatic carbocycles. The van der Waals surface area contributed by atoms with Crippen molar-refractivity contribution in [1.29, 1.82) is 0 Å². The van der Waals surface area contributed by atoms with Crippen LogP contribution in [0.1, 0.15) is 31.4 Å². The Hall–Kier alpha value is -0.250. The van der Waals surface area contributed by atoms with Crippen molar-refractivity contribution in [2.24, 2.45) is 5.73 Å². The number of phenols is 1. The summed E-state index contributed by atoms with van der Waals surface area (Å²) in [6.07, 6.45) is 1.80. The van der Waals surface area contributed by atoms with Crippen LogP contribution in [-0.4, -0.2) is 5.11 Å². The van der Waals surface area contributed by atoms with Gasteiger partial charge in [0.15, 0.2) is 0 Å². The molecule has 0 fully saturated rings. The molecule has 0 saturated carbocycles. The molecule has 0 spiro atoms. The van der Waals surface area contributed by atoms with Gasteiger partial charge in [-0.3, -0.25) is 0 Å². The molecule has 0 amide bonds. The lowest BCUT2D eigenvalue weighted by atomic mass is 10.0. The molecular formula is C10H13BrClNO. The van der Waals surface area contributed by atoms with Gasteiger partial charge in [-0.25, -0.2) is 0 Å². The summed E-state index contributed by atoms with van der Waals surface area (Å²) >= 11 is 9.16. The maximum atomic E-state index is 9.73. The van der Waals surface area contributed by atoms with E-state index in [-0.39, 0.29) is 11.8 Å². The Morgan fingerprint density at radius 2 is 2.21 bits per heavy atom. The van der Waals surface area contributed by atoms with Crippen molar-refractivity contribution >= 4 is 27.5 Å². The number of rotatable bonds is 3. The van der Waals surface area contributed by atoms with Gasteiger partial charge in [0.2, 0.25) is 0 Å². The standard InChI is InChI=1S/C10H13BrClNO/c1-2-3-8(13)9-6(11)4-5-7(12)10(9)14/h4-5,8,14H,2-3,13H2,1H3/t8-/m1/s1. The highest BCUT2D eigenvalue weighted by Gasteiger charge is 2.16. The molecule has 4 heteroatoms. The molecule has 1 atom stereocenters. The van der Waals surface area contributed by atoms with Gasteiger partial charge in [0.25, 0.3) is 0 Å². The van der Waals surface area contributed by atoms with Crippen LogP contribution < -0.4 is 5.73 Å². The third-order valence-corrected chi connectivity index (χ3v) is 3.08. The van der Waals surface area contributed by atoms with Crippen molar-refractivity contribution in [2.45, 2.75) is 25.8 Å². The fourth-order valence-electron chi connectivity index (χ4n) is 1.36. The third-order valence-electron chi connectivity index (χ3n) is 2.09. The molecular weight excluding hydrogens is 265 g/mol. The lowest BCUT2D eigenvalue weighted by Gasteiger charge is -2.15. The minimum Gasteiger partial charge on any atom is -0.506 e. The van der Waals surface area contributed by atoms with E-state index in [4.69, 9.17) is 17.3 Å². The summed E-state index contributed by atoms with van der Waals surface area (Å²) < 4.78 is 0.806. The first-order valence-corrected chi connectivity index (χ1v) is 5.67. The molecule has 0 aliphatic carbocycles. The van der Waals surface area contributed by atoms with Crippen molar-refractivity contribution in [2.75, 3.05) is 0 Å². The zero-order valence-corrected chi connectivity index (χ0v) is 10.3. The zero-order chi connectivity index (χ0) is 10.7. The average Bonchev–Trinajstić information content (AvgIpc) is 2.13. The molecule has 0 bridgehead atoms. The monoisotopic (exact) mass is 277 g/mol. The van der Waals surface area contributed by atoms with Crippen LogP contribution in [-0.2, 0) is 0 Å². The van der Waals surface area contributed by atoms with E-state index in [0.717, 1.165) is 17.3 Å². The number of nitrogens with two attached hydrogens (primary N) is 1. The molecule has 0 aliphatic heterocycles. The van der Waals surface area contributed by atoms with Crippen LogP contribution in [0.25, 0.3) is 0 Å². The summed E-state index contributed by atoms with van der Waals surface area (Å²) in [7, 11) is 0. The number of aromatic hydroxyl groups is 1. The van der Waals surface area contributed by atoms with Crippen molar-refractivity contribution < 1.29 is 5.11 Å². The van der Waals surface area contributed by atoms with E-state index >= 15 is 0 Å². The molecule has 78 valence electrons. The summed E-state index contributed by atoms with van der Waals surface area (Å²) in [5, 5.41) is 10.1. The SMILES string of the molecule is CCC[C@@H](N)c1c(Br)ccc(Cl)c1O. The minimum atomic E-state index is -0.173. The maximum Gasteiger partial charge on any atom is 0.140 e. The van der Waals surface area contributed by atoms with Crippen LogP contribution in [0.3, 0.4) is 0 Å². The van der Waals surface area contributed by atoms with Gasteiger partial charge < -0.3 is 10.8 Å². The number of hydrogen-bond donors (Lipinski definition) is 2. The smallest absolute Gasteiger partial charge is 0.140 e. The maximum absolute atomic E-state index is 9.73. The average molecular weight is 279 g/mol. The van der Waals surface area contributed by atoms with E-state index in [0.29, 0.717) is 10.6 Å². The first-order valence-electron chi connectivity index (χ1n) is 4.50. The second-order valence-electron chi connectivity index (χ2n) is 3.19. The summed E-state index contributed by atoms with van der Waals surface area (Å²) in [4.78, 5) is 0. The number of phenolic OH excluding ortho intramolecular Hbond substituents is 1. The van der Waals surface area contributed by atoms with Crippen molar-refractivity contribution in [3.63, 3.8) is 0 Å². The quantitative estimate of drug-likeness (QED) is 0.887. The van der Waals surface area contributed by atoms with E-state index in [2.05, 4.69) is 22.9 Å². The first-order chi connectivity index (χ1) is 6.57. The Kier molecular flexibility index (Phi) is 4.23. The molecule has 0 aromatic heterocycles. The summed E-state index contributed by atoms with van der Waals surface area (Å²) in [5.41, 5.74) is 6.62. The van der Waals surface area contributed by atoms with Crippen LogP contribution in [0.5, 0.6) is 5.75 Å². The third kappa shape index (κ3) is 2.41. The van der Waals surface area contributed by atoms with E-state index in [1.54, 1.807) is 12.1 Å². The number of hydrogen-bond acceptors (Lipinski definition) is 2. The first kappa shape index (κ1) is 11.8. The molecule has 2 nitrogen and oxygen atoms in total. The van der Waals surface area contributed by atoms with Gasteiger partial charge in [0.05, 0.1) is 5.02 Å². The predicted octanol–water partition coefficient (Wildman–Crippen LogP) is 3.61. The molecule has 0 heterocycles. The van der Waals surface area contributed by atoms with Gasteiger partial charge >= 0.3 is 0 Å². The number of halogens is 2. The van der Waals surface area contributed by atoms with Gasteiger partial charge in [0.1, 0.15) is 5.75 Å². The fourth-order valence-corrected chi connectivity index (χ4v) is 2.14. The predicted molar refractivity (Wildman–Crippen MR) is 62.7 cm³/mol. The van der Waals surface area contributed by atoms with Gasteiger partial charge in [-0.15, -0.1) is 0 Å². The summed E-state index contributed by atoms with van der Waals surface area (Å²) in [5.74, 6) is 0.0852. The lowest BCUT2D eigenvalue weighted by Crippen LogP contribution is -2.10. The van der Waals surface area contributed by atoms with E-state index in [9.17, 15) is 5.11 Å². The Morgan fingerprint density at radius 3 is 2.79 bits per heavy atom. The van der Waals surface area contributed by atoms with Crippen molar-refractivity contribution in [3.8, 4) is 5.75 Å². The van der Waals surface area contributed by atoms with Gasteiger partial charge in [-0.05, 0) is 18.6 Å². The van der Waals surface area contributed by atoms with Gasteiger partial charge in [-0.1, -0.05) is 40.9 Å². The Labute approximate surface area is 97.2 Å². The van der Waals surface area contributed by atoms with Crippen LogP contribution in [0.4, 0.5) is 0 Å². The largest absolute Gasteiger partial charge is 0.506 e. The molecule has 0 radical (unpaired) electrons. The van der Waals surface area contributed by atoms with Crippen LogP contribution in [0.15, 0.2) is 16.6 Å². The molecule has 0 aliphatic rings. The van der Waals surface area contributed by atoms with Crippen LogP contribution in [0, 0.1) is 0 Å². The highest BCUT2D eigenvalue weighted by Crippen LogP contribution is 2.37. The Balaban J connectivity index is 3.11. The molecule has 0 unspecified atom stereocenters. The second kappa shape index (κ2) is 5.01. The molecule has 0 saturated heterocycles. The molecule has 14 heavy (non-hydrogen) atoms. The molecule has 1 aromatic rings.